The topological polar surface area (TPSA) is 26.0 Å². The first-order chi connectivity index (χ1) is 3.52. The van der Waals surface area contributed by atoms with E-state index in [1.165, 1.54) is 6.42 Å². The van der Waals surface area contributed by atoms with Crippen molar-refractivity contribution in [3.05, 3.63) is 0 Å². The quantitative estimate of drug-likeness (QED) is 0.532. The van der Waals surface area contributed by atoms with Gasteiger partial charge in [-0.3, -0.25) is 0 Å². The van der Waals surface area contributed by atoms with E-state index >= 15 is 0 Å². The summed E-state index contributed by atoms with van der Waals surface area (Å²) in [4.78, 5) is 0. The zero-order chi connectivity index (χ0) is 6.36. The number of nitrogens with two attached hydrogens (primary N) is 1. The molecule has 1 aliphatic rings. The molecule has 2 atom stereocenters. The number of hydrogen-bond acceptors (Lipinski definition) is 1. The molecule has 48 valence electrons. The Labute approximate surface area is 52.3 Å². The summed E-state index contributed by atoms with van der Waals surface area (Å²) >= 11 is 0. The maximum atomic E-state index is 5.69. The van der Waals surface area contributed by atoms with Crippen LogP contribution >= 0.6 is 0 Å². The van der Waals surface area contributed by atoms with E-state index in [1.54, 1.807) is 0 Å². The van der Waals surface area contributed by atoms with Gasteiger partial charge in [-0.15, -0.1) is 0 Å². The van der Waals surface area contributed by atoms with E-state index in [0.29, 0.717) is 6.04 Å². The molecule has 1 saturated carbocycles. The van der Waals surface area contributed by atoms with Crippen LogP contribution in [0.25, 0.3) is 0 Å². The molecule has 0 saturated heterocycles. The Morgan fingerprint density at radius 3 is 1.75 bits per heavy atom. The minimum absolute atomic E-state index is 0.571. The van der Waals surface area contributed by atoms with Crippen LogP contribution in [0.1, 0.15) is 6.42 Å². The van der Waals surface area contributed by atoms with Crippen molar-refractivity contribution in [3.63, 3.8) is 0 Å². The molecular formula is C6H15NSi. The van der Waals surface area contributed by atoms with Crippen LogP contribution in [0.2, 0.25) is 25.2 Å². The van der Waals surface area contributed by atoms with Crippen molar-refractivity contribution in [2.24, 2.45) is 5.73 Å². The van der Waals surface area contributed by atoms with Crippen LogP contribution in [-0.4, -0.2) is 14.1 Å². The zero-order valence-corrected chi connectivity index (χ0v) is 6.94. The summed E-state index contributed by atoms with van der Waals surface area (Å²) in [5, 5.41) is 0. The lowest BCUT2D eigenvalue weighted by molar-refractivity contribution is 1.05. The van der Waals surface area contributed by atoms with Gasteiger partial charge in [0.1, 0.15) is 0 Å². The van der Waals surface area contributed by atoms with E-state index in [-0.39, 0.29) is 0 Å². The molecule has 0 aromatic rings. The van der Waals surface area contributed by atoms with Gasteiger partial charge in [0.2, 0.25) is 0 Å². The third-order valence-electron chi connectivity index (χ3n) is 1.95. The summed E-state index contributed by atoms with van der Waals surface area (Å²) in [5.74, 6) is 0. The average Bonchev–Trinajstić information content (AvgIpc) is 2.13. The van der Waals surface area contributed by atoms with Gasteiger partial charge >= 0.3 is 0 Å². The molecule has 0 aromatic carbocycles. The third kappa shape index (κ3) is 1.12. The Morgan fingerprint density at radius 1 is 1.38 bits per heavy atom. The number of hydrogen-bond donors (Lipinski definition) is 1. The standard InChI is InChI=1S/C6H15NSi/c1-8(2,3)6-4-5(6)7/h5-6H,4,7H2,1-3H3/t5-,6-/m0/s1. The monoisotopic (exact) mass is 129 g/mol. The highest BCUT2D eigenvalue weighted by atomic mass is 28.3. The Bertz CT molecular complexity index is 95.2. The van der Waals surface area contributed by atoms with Gasteiger partial charge in [-0.2, -0.15) is 0 Å². The minimum Gasteiger partial charge on any atom is -0.328 e. The molecule has 0 aliphatic heterocycles. The van der Waals surface area contributed by atoms with Gasteiger partial charge in [-0.1, -0.05) is 19.6 Å². The van der Waals surface area contributed by atoms with Crippen LogP contribution < -0.4 is 5.73 Å². The lowest BCUT2D eigenvalue weighted by Gasteiger charge is -2.13. The fraction of sp³-hybridized carbons (Fsp3) is 1.00. The first kappa shape index (κ1) is 6.30. The zero-order valence-electron chi connectivity index (χ0n) is 5.94. The Balaban J connectivity index is 2.39. The van der Waals surface area contributed by atoms with E-state index in [0.717, 1.165) is 5.54 Å². The van der Waals surface area contributed by atoms with E-state index in [1.807, 2.05) is 0 Å². The maximum Gasteiger partial charge on any atom is 0.0491 e. The average molecular weight is 129 g/mol. The largest absolute Gasteiger partial charge is 0.328 e. The van der Waals surface area contributed by atoms with Crippen molar-refractivity contribution in [1.82, 2.24) is 0 Å². The highest BCUT2D eigenvalue weighted by molar-refractivity contribution is 6.78. The van der Waals surface area contributed by atoms with Crippen LogP contribution in [0, 0.1) is 0 Å². The van der Waals surface area contributed by atoms with Crippen molar-refractivity contribution >= 4 is 8.07 Å². The third-order valence-corrected chi connectivity index (χ3v) is 4.84. The lowest BCUT2D eigenvalue weighted by atomic mass is 10.8. The summed E-state index contributed by atoms with van der Waals surface area (Å²) in [5.41, 5.74) is 6.62. The van der Waals surface area contributed by atoms with E-state index in [4.69, 9.17) is 5.73 Å². The molecular weight excluding hydrogens is 114 g/mol. The molecule has 0 radical (unpaired) electrons. The molecule has 0 amide bonds. The van der Waals surface area contributed by atoms with Crippen molar-refractivity contribution in [1.29, 1.82) is 0 Å². The van der Waals surface area contributed by atoms with Gasteiger partial charge in [0.05, 0.1) is 0 Å². The predicted molar refractivity (Wildman–Crippen MR) is 39.7 cm³/mol. The second kappa shape index (κ2) is 1.58. The molecule has 0 spiro atoms. The highest BCUT2D eigenvalue weighted by Gasteiger charge is 2.43. The molecule has 1 rings (SSSR count). The van der Waals surface area contributed by atoms with Crippen molar-refractivity contribution in [2.75, 3.05) is 0 Å². The normalized spacial score (nSPS) is 37.5. The van der Waals surface area contributed by atoms with Gasteiger partial charge in [0.25, 0.3) is 0 Å². The molecule has 0 unspecified atom stereocenters. The molecule has 8 heavy (non-hydrogen) atoms. The van der Waals surface area contributed by atoms with Crippen molar-refractivity contribution in [2.45, 2.75) is 37.6 Å². The van der Waals surface area contributed by atoms with Gasteiger partial charge < -0.3 is 5.73 Å². The molecule has 1 nitrogen and oxygen atoms in total. The summed E-state index contributed by atoms with van der Waals surface area (Å²) in [6.45, 7) is 7.18. The van der Waals surface area contributed by atoms with Crippen molar-refractivity contribution < 1.29 is 0 Å². The maximum absolute atomic E-state index is 5.69. The molecule has 0 heterocycles. The summed E-state index contributed by atoms with van der Waals surface area (Å²) in [7, 11) is -0.812. The fourth-order valence-corrected chi connectivity index (χ4v) is 3.47. The van der Waals surface area contributed by atoms with E-state index in [2.05, 4.69) is 19.6 Å². The molecule has 0 aromatic heterocycles. The van der Waals surface area contributed by atoms with Gasteiger partial charge in [0.15, 0.2) is 0 Å². The Kier molecular flexibility index (Phi) is 1.24. The fourth-order valence-electron chi connectivity index (χ4n) is 1.21. The molecule has 2 N–H and O–H groups in total. The van der Waals surface area contributed by atoms with Gasteiger partial charge in [-0.25, -0.2) is 0 Å². The van der Waals surface area contributed by atoms with Gasteiger partial charge in [-0.05, 0) is 12.0 Å². The minimum atomic E-state index is -0.812. The second-order valence-electron chi connectivity index (χ2n) is 3.87. The first-order valence-corrected chi connectivity index (χ1v) is 6.85. The van der Waals surface area contributed by atoms with Crippen LogP contribution in [0.3, 0.4) is 0 Å². The molecule has 1 fully saturated rings. The van der Waals surface area contributed by atoms with Gasteiger partial charge in [0, 0.05) is 14.1 Å². The summed E-state index contributed by atoms with van der Waals surface area (Å²) in [6, 6.07) is 0.571. The van der Waals surface area contributed by atoms with Crippen molar-refractivity contribution in [3.8, 4) is 0 Å². The van der Waals surface area contributed by atoms with Crippen LogP contribution in [-0.2, 0) is 0 Å². The molecule has 2 heteroatoms. The SMILES string of the molecule is C[Si](C)(C)[C@H]1C[C@@H]1N. The Morgan fingerprint density at radius 2 is 1.75 bits per heavy atom. The summed E-state index contributed by atoms with van der Waals surface area (Å²) in [6.07, 6.45) is 1.30. The smallest absolute Gasteiger partial charge is 0.0491 e. The predicted octanol–water partition coefficient (Wildman–Crippen LogP) is 1.43. The van der Waals surface area contributed by atoms with Crippen LogP contribution in [0.5, 0.6) is 0 Å². The van der Waals surface area contributed by atoms with Crippen LogP contribution in [0.15, 0.2) is 0 Å². The van der Waals surface area contributed by atoms with E-state index < -0.39 is 8.07 Å². The first-order valence-electron chi connectivity index (χ1n) is 3.27. The lowest BCUT2D eigenvalue weighted by Crippen LogP contribution is -2.23. The highest BCUT2D eigenvalue weighted by Crippen LogP contribution is 2.43. The summed E-state index contributed by atoms with van der Waals surface area (Å²) < 4.78 is 0. The number of rotatable bonds is 1. The van der Waals surface area contributed by atoms with Crippen LogP contribution in [0.4, 0.5) is 0 Å². The molecule has 1 aliphatic carbocycles. The Hall–Kier alpha value is 0.177. The van der Waals surface area contributed by atoms with E-state index in [9.17, 15) is 0 Å². The molecule has 0 bridgehead atoms. The second-order valence-corrected chi connectivity index (χ2v) is 9.35.